The summed E-state index contributed by atoms with van der Waals surface area (Å²) in [7, 11) is 0. The number of nitrogen functional groups attached to an aromatic ring is 1. The summed E-state index contributed by atoms with van der Waals surface area (Å²) < 4.78 is 0. The van der Waals surface area contributed by atoms with Crippen molar-refractivity contribution in [1.82, 2.24) is 9.97 Å². The minimum absolute atomic E-state index is 0.678. The van der Waals surface area contributed by atoms with E-state index in [1.165, 1.54) is 5.56 Å². The fourth-order valence-electron chi connectivity index (χ4n) is 1.46. The Morgan fingerprint density at radius 2 is 1.81 bits per heavy atom. The molecular formula is C12H14N4. The van der Waals surface area contributed by atoms with Gasteiger partial charge in [0.25, 0.3) is 0 Å². The van der Waals surface area contributed by atoms with Crippen LogP contribution in [0.4, 0.5) is 11.4 Å². The van der Waals surface area contributed by atoms with Crippen molar-refractivity contribution in [2.75, 3.05) is 17.6 Å². The number of hydrogen-bond donors (Lipinski definition) is 2. The third-order valence-electron chi connectivity index (χ3n) is 2.33. The summed E-state index contributed by atoms with van der Waals surface area (Å²) in [6, 6.07) is 5.90. The maximum absolute atomic E-state index is 5.77. The van der Waals surface area contributed by atoms with E-state index in [2.05, 4.69) is 15.3 Å². The fraction of sp³-hybridized carbons (Fsp3) is 0.167. The van der Waals surface area contributed by atoms with E-state index in [1.54, 1.807) is 24.8 Å². The summed E-state index contributed by atoms with van der Waals surface area (Å²) in [6.45, 7) is 0.845. The van der Waals surface area contributed by atoms with E-state index in [-0.39, 0.29) is 0 Å². The molecule has 2 heterocycles. The van der Waals surface area contributed by atoms with E-state index in [1.807, 2.05) is 18.2 Å². The van der Waals surface area contributed by atoms with Crippen LogP contribution in [0.1, 0.15) is 5.56 Å². The van der Waals surface area contributed by atoms with E-state index in [4.69, 9.17) is 5.73 Å². The summed E-state index contributed by atoms with van der Waals surface area (Å²) in [4.78, 5) is 7.91. The topological polar surface area (TPSA) is 63.8 Å². The van der Waals surface area contributed by atoms with Crippen LogP contribution < -0.4 is 11.1 Å². The second-order valence-corrected chi connectivity index (χ2v) is 3.50. The van der Waals surface area contributed by atoms with Crippen molar-refractivity contribution in [3.8, 4) is 0 Å². The van der Waals surface area contributed by atoms with Crippen LogP contribution in [0.2, 0.25) is 0 Å². The monoisotopic (exact) mass is 214 g/mol. The highest BCUT2D eigenvalue weighted by molar-refractivity contribution is 5.64. The molecule has 0 saturated heterocycles. The van der Waals surface area contributed by atoms with Crippen molar-refractivity contribution in [3.63, 3.8) is 0 Å². The lowest BCUT2D eigenvalue weighted by Crippen LogP contribution is -2.06. The van der Waals surface area contributed by atoms with Crippen molar-refractivity contribution < 1.29 is 0 Å². The molecule has 0 bridgehead atoms. The van der Waals surface area contributed by atoms with Gasteiger partial charge < -0.3 is 11.1 Å². The maximum Gasteiger partial charge on any atom is 0.0736 e. The molecule has 0 atom stereocenters. The molecule has 0 aliphatic rings. The van der Waals surface area contributed by atoms with E-state index in [0.717, 1.165) is 18.7 Å². The van der Waals surface area contributed by atoms with Crippen LogP contribution in [-0.4, -0.2) is 16.5 Å². The number of aromatic nitrogens is 2. The number of nitrogens with zero attached hydrogens (tertiary/aromatic N) is 2. The molecule has 4 heteroatoms. The number of nitrogens with two attached hydrogens (primary N) is 1. The normalized spacial score (nSPS) is 10.0. The first kappa shape index (κ1) is 10.4. The van der Waals surface area contributed by atoms with Crippen LogP contribution in [0.25, 0.3) is 0 Å². The van der Waals surface area contributed by atoms with Crippen LogP contribution in [0.5, 0.6) is 0 Å². The zero-order valence-corrected chi connectivity index (χ0v) is 8.93. The minimum atomic E-state index is 0.678. The van der Waals surface area contributed by atoms with E-state index in [9.17, 15) is 0 Å². The quantitative estimate of drug-likeness (QED) is 0.813. The molecule has 82 valence electrons. The number of pyridine rings is 2. The van der Waals surface area contributed by atoms with Gasteiger partial charge in [0, 0.05) is 25.1 Å². The van der Waals surface area contributed by atoms with Crippen molar-refractivity contribution in [2.24, 2.45) is 0 Å². The molecule has 4 nitrogen and oxygen atoms in total. The van der Waals surface area contributed by atoms with Crippen LogP contribution in [0.15, 0.2) is 43.0 Å². The number of anilines is 2. The highest BCUT2D eigenvalue weighted by atomic mass is 14.9. The molecule has 0 amide bonds. The van der Waals surface area contributed by atoms with Crippen molar-refractivity contribution in [2.45, 2.75) is 6.42 Å². The van der Waals surface area contributed by atoms with Crippen molar-refractivity contribution in [1.29, 1.82) is 0 Å². The molecule has 2 rings (SSSR count). The van der Waals surface area contributed by atoms with Gasteiger partial charge in [0.2, 0.25) is 0 Å². The number of hydrogen-bond acceptors (Lipinski definition) is 4. The predicted molar refractivity (Wildman–Crippen MR) is 65.1 cm³/mol. The maximum atomic E-state index is 5.77. The molecule has 0 spiro atoms. The Balaban J connectivity index is 1.87. The Hall–Kier alpha value is -2.10. The van der Waals surface area contributed by atoms with Gasteiger partial charge in [0.1, 0.15) is 0 Å². The molecule has 0 saturated carbocycles. The number of nitrogens with one attached hydrogen (secondary N) is 1. The van der Waals surface area contributed by atoms with Gasteiger partial charge in [0.05, 0.1) is 17.6 Å². The Morgan fingerprint density at radius 1 is 1.06 bits per heavy atom. The average Bonchev–Trinajstić information content (AvgIpc) is 2.33. The van der Waals surface area contributed by atoms with Crippen LogP contribution >= 0.6 is 0 Å². The molecule has 0 aliphatic heterocycles. The summed E-state index contributed by atoms with van der Waals surface area (Å²) in [5.74, 6) is 0. The van der Waals surface area contributed by atoms with Gasteiger partial charge in [-0.1, -0.05) is 0 Å². The fourth-order valence-corrected chi connectivity index (χ4v) is 1.46. The Kier molecular flexibility index (Phi) is 3.33. The summed E-state index contributed by atoms with van der Waals surface area (Å²) in [6.07, 6.45) is 7.93. The van der Waals surface area contributed by atoms with Crippen molar-refractivity contribution in [3.05, 3.63) is 48.5 Å². The van der Waals surface area contributed by atoms with Gasteiger partial charge in [0.15, 0.2) is 0 Å². The van der Waals surface area contributed by atoms with Crippen LogP contribution in [0, 0.1) is 0 Å². The van der Waals surface area contributed by atoms with Crippen LogP contribution in [-0.2, 0) is 6.42 Å². The molecule has 0 unspecified atom stereocenters. The van der Waals surface area contributed by atoms with E-state index >= 15 is 0 Å². The average molecular weight is 214 g/mol. The first-order valence-electron chi connectivity index (χ1n) is 5.18. The standard InChI is InChI=1S/C12H14N4/c13-11-9-15-7-4-12(11)16-8-3-10-1-5-14-6-2-10/h1-2,4-7,9H,3,8,13H2,(H,15,16). The van der Waals surface area contributed by atoms with Gasteiger partial charge >= 0.3 is 0 Å². The van der Waals surface area contributed by atoms with Gasteiger partial charge in [-0.25, -0.2) is 0 Å². The van der Waals surface area contributed by atoms with Gasteiger partial charge in [-0.15, -0.1) is 0 Å². The van der Waals surface area contributed by atoms with Gasteiger partial charge in [-0.3, -0.25) is 9.97 Å². The Labute approximate surface area is 94.5 Å². The smallest absolute Gasteiger partial charge is 0.0736 e. The SMILES string of the molecule is Nc1cnccc1NCCc1ccncc1. The van der Waals surface area contributed by atoms with E-state index < -0.39 is 0 Å². The predicted octanol–water partition coefficient (Wildman–Crippen LogP) is 1.71. The molecule has 16 heavy (non-hydrogen) atoms. The zero-order chi connectivity index (χ0) is 11.2. The lowest BCUT2D eigenvalue weighted by molar-refractivity contribution is 1.01. The lowest BCUT2D eigenvalue weighted by Gasteiger charge is -2.08. The first-order chi connectivity index (χ1) is 7.86. The third kappa shape index (κ3) is 2.70. The highest BCUT2D eigenvalue weighted by Crippen LogP contribution is 2.14. The second-order valence-electron chi connectivity index (χ2n) is 3.50. The van der Waals surface area contributed by atoms with Gasteiger partial charge in [-0.2, -0.15) is 0 Å². The molecule has 0 fully saturated rings. The molecule has 2 aromatic heterocycles. The summed E-state index contributed by atoms with van der Waals surface area (Å²) in [5.41, 5.74) is 8.64. The minimum Gasteiger partial charge on any atom is -0.396 e. The van der Waals surface area contributed by atoms with Crippen molar-refractivity contribution >= 4 is 11.4 Å². The molecule has 0 aromatic carbocycles. The summed E-state index contributed by atoms with van der Waals surface area (Å²) >= 11 is 0. The lowest BCUT2D eigenvalue weighted by atomic mass is 10.2. The highest BCUT2D eigenvalue weighted by Gasteiger charge is 1.97. The third-order valence-corrected chi connectivity index (χ3v) is 2.33. The molecule has 0 aliphatic carbocycles. The first-order valence-corrected chi connectivity index (χ1v) is 5.18. The van der Waals surface area contributed by atoms with E-state index in [0.29, 0.717) is 5.69 Å². The summed E-state index contributed by atoms with van der Waals surface area (Å²) in [5, 5.41) is 3.28. The number of rotatable bonds is 4. The van der Waals surface area contributed by atoms with Gasteiger partial charge in [-0.05, 0) is 30.2 Å². The Morgan fingerprint density at radius 3 is 2.56 bits per heavy atom. The molecular weight excluding hydrogens is 200 g/mol. The Bertz CT molecular complexity index is 442. The molecule has 0 radical (unpaired) electrons. The van der Waals surface area contributed by atoms with Crippen LogP contribution in [0.3, 0.4) is 0 Å². The molecule has 3 N–H and O–H groups in total. The zero-order valence-electron chi connectivity index (χ0n) is 8.93. The second kappa shape index (κ2) is 5.11. The molecule has 2 aromatic rings. The largest absolute Gasteiger partial charge is 0.396 e.